The lowest BCUT2D eigenvalue weighted by Crippen LogP contribution is -2.53. The molecule has 0 aromatic carbocycles. The van der Waals surface area contributed by atoms with Gasteiger partial charge in [0.15, 0.2) is 0 Å². The van der Waals surface area contributed by atoms with Crippen LogP contribution in [0.1, 0.15) is 36.8 Å². The molecule has 25 heavy (non-hydrogen) atoms. The Morgan fingerprint density at radius 3 is 2.56 bits per heavy atom. The SMILES string of the molecule is COC(OC)c1ccc2c(n1)NC(C1CCN(C3COC3)CC1)CC2. The minimum atomic E-state index is -0.402. The number of methoxy groups -OCH3 is 2. The van der Waals surface area contributed by atoms with Crippen LogP contribution in [0.25, 0.3) is 0 Å². The number of aromatic nitrogens is 1. The predicted octanol–water partition coefficient (Wildman–Crippen LogP) is 2.21. The lowest BCUT2D eigenvalue weighted by Gasteiger charge is -2.43. The molecule has 3 aliphatic rings. The van der Waals surface area contributed by atoms with E-state index in [-0.39, 0.29) is 0 Å². The van der Waals surface area contributed by atoms with E-state index in [1.54, 1.807) is 14.2 Å². The maximum absolute atomic E-state index is 5.34. The van der Waals surface area contributed by atoms with E-state index in [2.05, 4.69) is 16.3 Å². The van der Waals surface area contributed by atoms with Gasteiger partial charge < -0.3 is 19.5 Å². The van der Waals surface area contributed by atoms with Crippen LogP contribution in [0.4, 0.5) is 5.82 Å². The Hall–Kier alpha value is -1.21. The maximum Gasteiger partial charge on any atom is 0.200 e. The van der Waals surface area contributed by atoms with Crippen molar-refractivity contribution in [2.75, 3.05) is 45.8 Å². The zero-order valence-electron chi connectivity index (χ0n) is 15.2. The Balaban J connectivity index is 1.39. The normalized spacial score (nSPS) is 25.5. The van der Waals surface area contributed by atoms with Gasteiger partial charge >= 0.3 is 0 Å². The van der Waals surface area contributed by atoms with E-state index < -0.39 is 6.29 Å². The summed E-state index contributed by atoms with van der Waals surface area (Å²) in [7, 11) is 3.29. The molecular weight excluding hydrogens is 318 g/mol. The fourth-order valence-electron chi connectivity index (χ4n) is 4.33. The Bertz CT molecular complexity index is 581. The zero-order valence-corrected chi connectivity index (χ0v) is 15.2. The summed E-state index contributed by atoms with van der Waals surface area (Å²) < 4.78 is 16.0. The summed E-state index contributed by atoms with van der Waals surface area (Å²) in [5.74, 6) is 1.75. The third-order valence-corrected chi connectivity index (χ3v) is 6.00. The van der Waals surface area contributed by atoms with Crippen LogP contribution in [0.15, 0.2) is 12.1 Å². The molecular formula is C19H29N3O3. The van der Waals surface area contributed by atoms with Gasteiger partial charge in [-0.05, 0) is 56.3 Å². The number of nitrogens with zero attached hydrogens (tertiary/aromatic N) is 2. The highest BCUT2D eigenvalue weighted by molar-refractivity contribution is 5.48. The van der Waals surface area contributed by atoms with Crippen LogP contribution in [0.2, 0.25) is 0 Å². The van der Waals surface area contributed by atoms with Crippen molar-refractivity contribution in [3.63, 3.8) is 0 Å². The van der Waals surface area contributed by atoms with Gasteiger partial charge in [-0.3, -0.25) is 4.90 Å². The monoisotopic (exact) mass is 347 g/mol. The van der Waals surface area contributed by atoms with Gasteiger partial charge in [0, 0.05) is 20.3 Å². The number of pyridine rings is 1. The van der Waals surface area contributed by atoms with Crippen LogP contribution in [-0.4, -0.2) is 62.5 Å². The summed E-state index contributed by atoms with van der Waals surface area (Å²) >= 11 is 0. The Labute approximate surface area is 149 Å². The molecule has 4 heterocycles. The Kier molecular flexibility index (Phi) is 5.22. The number of aryl methyl sites for hydroxylation is 1. The van der Waals surface area contributed by atoms with Gasteiger partial charge in [-0.25, -0.2) is 4.98 Å². The molecule has 0 spiro atoms. The molecule has 2 fully saturated rings. The predicted molar refractivity (Wildman–Crippen MR) is 95.6 cm³/mol. The first-order valence-corrected chi connectivity index (χ1v) is 9.42. The van der Waals surface area contributed by atoms with E-state index in [0.717, 1.165) is 37.1 Å². The number of piperidine rings is 1. The minimum Gasteiger partial charge on any atom is -0.378 e. The van der Waals surface area contributed by atoms with Gasteiger partial charge in [-0.2, -0.15) is 0 Å². The molecule has 6 heteroatoms. The van der Waals surface area contributed by atoms with Crippen LogP contribution < -0.4 is 5.32 Å². The number of hydrogen-bond donors (Lipinski definition) is 1. The molecule has 0 radical (unpaired) electrons. The molecule has 1 atom stereocenters. The number of ether oxygens (including phenoxy) is 3. The first-order chi connectivity index (χ1) is 12.3. The zero-order chi connectivity index (χ0) is 17.2. The van der Waals surface area contributed by atoms with Crippen LogP contribution >= 0.6 is 0 Å². The van der Waals surface area contributed by atoms with Gasteiger partial charge in [-0.15, -0.1) is 0 Å². The lowest BCUT2D eigenvalue weighted by molar-refractivity contribution is -0.108. The quantitative estimate of drug-likeness (QED) is 0.824. The minimum absolute atomic E-state index is 0.402. The smallest absolute Gasteiger partial charge is 0.200 e. The molecule has 4 rings (SSSR count). The number of hydrogen-bond acceptors (Lipinski definition) is 6. The molecule has 0 saturated carbocycles. The van der Waals surface area contributed by atoms with Crippen molar-refractivity contribution in [3.05, 3.63) is 23.4 Å². The second-order valence-corrected chi connectivity index (χ2v) is 7.40. The molecule has 0 amide bonds. The summed E-state index contributed by atoms with van der Waals surface area (Å²) in [6.45, 7) is 4.25. The standard InChI is InChI=1S/C19H29N3O3/c1-23-19(24-2)17-6-4-14-3-5-16(20-18(14)21-17)13-7-9-22(10-8-13)15-11-25-12-15/h4,6,13,15-16,19H,3,5,7-12H2,1-2H3,(H,20,21). The first kappa shape index (κ1) is 17.2. The molecule has 138 valence electrons. The van der Waals surface area contributed by atoms with Gasteiger partial charge in [0.25, 0.3) is 0 Å². The third kappa shape index (κ3) is 3.53. The van der Waals surface area contributed by atoms with E-state index in [4.69, 9.17) is 19.2 Å². The largest absolute Gasteiger partial charge is 0.378 e. The topological polar surface area (TPSA) is 55.9 Å². The third-order valence-electron chi connectivity index (χ3n) is 6.00. The van der Waals surface area contributed by atoms with Gasteiger partial charge in [-0.1, -0.05) is 6.07 Å². The average Bonchev–Trinajstić information content (AvgIpc) is 2.61. The van der Waals surface area contributed by atoms with Crippen LogP contribution in [0.3, 0.4) is 0 Å². The summed E-state index contributed by atoms with van der Waals surface area (Å²) in [4.78, 5) is 7.38. The van der Waals surface area contributed by atoms with E-state index in [1.165, 1.54) is 37.9 Å². The molecule has 1 N–H and O–H groups in total. The van der Waals surface area contributed by atoms with Crippen molar-refractivity contribution in [1.82, 2.24) is 9.88 Å². The molecule has 0 aliphatic carbocycles. The Morgan fingerprint density at radius 1 is 1.16 bits per heavy atom. The van der Waals surface area contributed by atoms with Gasteiger partial charge in [0.1, 0.15) is 5.82 Å². The molecule has 1 aromatic rings. The van der Waals surface area contributed by atoms with E-state index in [0.29, 0.717) is 12.1 Å². The number of nitrogens with one attached hydrogen (secondary N) is 1. The number of fused-ring (bicyclic) bond motifs is 1. The Morgan fingerprint density at radius 2 is 1.92 bits per heavy atom. The summed E-state index contributed by atoms with van der Waals surface area (Å²) in [6.07, 6.45) is 4.43. The van der Waals surface area contributed by atoms with Crippen LogP contribution in [0, 0.1) is 5.92 Å². The fraction of sp³-hybridized carbons (Fsp3) is 0.737. The summed E-state index contributed by atoms with van der Waals surface area (Å²) in [5.41, 5.74) is 2.13. The number of anilines is 1. The molecule has 0 bridgehead atoms. The highest BCUT2D eigenvalue weighted by Crippen LogP contribution is 2.33. The van der Waals surface area contributed by atoms with Crippen molar-refractivity contribution >= 4 is 5.82 Å². The summed E-state index contributed by atoms with van der Waals surface area (Å²) in [5, 5.41) is 3.72. The number of likely N-dealkylation sites (tertiary alicyclic amines) is 1. The highest BCUT2D eigenvalue weighted by atomic mass is 16.7. The van der Waals surface area contributed by atoms with Gasteiger partial charge in [0.2, 0.25) is 6.29 Å². The van der Waals surface area contributed by atoms with Crippen molar-refractivity contribution in [2.45, 2.75) is 44.1 Å². The molecule has 2 saturated heterocycles. The second kappa shape index (κ2) is 7.58. The van der Waals surface area contributed by atoms with E-state index in [9.17, 15) is 0 Å². The van der Waals surface area contributed by atoms with Crippen molar-refractivity contribution in [1.29, 1.82) is 0 Å². The molecule has 6 nitrogen and oxygen atoms in total. The number of rotatable bonds is 5. The maximum atomic E-state index is 5.34. The second-order valence-electron chi connectivity index (χ2n) is 7.40. The van der Waals surface area contributed by atoms with Crippen LogP contribution in [-0.2, 0) is 20.6 Å². The fourth-order valence-corrected chi connectivity index (χ4v) is 4.33. The van der Waals surface area contributed by atoms with E-state index in [1.807, 2.05) is 6.07 Å². The lowest BCUT2D eigenvalue weighted by atomic mass is 9.84. The van der Waals surface area contributed by atoms with Gasteiger partial charge in [0.05, 0.1) is 24.9 Å². The highest BCUT2D eigenvalue weighted by Gasteiger charge is 2.34. The average molecular weight is 347 g/mol. The molecule has 1 aromatic heterocycles. The van der Waals surface area contributed by atoms with Crippen molar-refractivity contribution in [3.8, 4) is 0 Å². The van der Waals surface area contributed by atoms with Crippen molar-refractivity contribution in [2.24, 2.45) is 5.92 Å². The molecule has 3 aliphatic heterocycles. The molecule has 1 unspecified atom stereocenters. The van der Waals surface area contributed by atoms with E-state index >= 15 is 0 Å². The van der Waals surface area contributed by atoms with Crippen LogP contribution in [0.5, 0.6) is 0 Å². The first-order valence-electron chi connectivity index (χ1n) is 9.42. The van der Waals surface area contributed by atoms with Crippen molar-refractivity contribution < 1.29 is 14.2 Å². The summed E-state index contributed by atoms with van der Waals surface area (Å²) in [6, 6.07) is 5.37.